The molecule has 1 heterocycles. The molecule has 0 aliphatic heterocycles. The van der Waals surface area contributed by atoms with Crippen molar-refractivity contribution >= 4 is 5.71 Å². The Bertz CT molecular complexity index is 808. The summed E-state index contributed by atoms with van der Waals surface area (Å²) < 4.78 is 22.3. The highest BCUT2D eigenvalue weighted by Gasteiger charge is 2.20. The molecule has 27 heavy (non-hydrogen) atoms. The number of hydrogen-bond donors (Lipinski definition) is 0. The Morgan fingerprint density at radius 3 is 2.07 bits per heavy atom. The molecular weight excluding hydrogens is 348 g/mol. The van der Waals surface area contributed by atoms with Crippen molar-refractivity contribution in [2.75, 3.05) is 28.4 Å². The number of oxime groups is 1. The lowest BCUT2D eigenvalue weighted by molar-refractivity contribution is 0.213. The Hall–Kier alpha value is -2.96. The van der Waals surface area contributed by atoms with Gasteiger partial charge >= 0.3 is 0 Å². The van der Waals surface area contributed by atoms with Crippen LogP contribution in [0, 0.1) is 13.8 Å². The van der Waals surface area contributed by atoms with Gasteiger partial charge in [0.15, 0.2) is 11.5 Å². The van der Waals surface area contributed by atoms with E-state index in [-0.39, 0.29) is 0 Å². The lowest BCUT2D eigenvalue weighted by Crippen LogP contribution is -2.07. The van der Waals surface area contributed by atoms with Crippen molar-refractivity contribution in [1.29, 1.82) is 0 Å². The van der Waals surface area contributed by atoms with Crippen LogP contribution in [0.25, 0.3) is 0 Å². The van der Waals surface area contributed by atoms with Crippen LogP contribution in [-0.2, 0) is 4.84 Å². The summed E-state index contributed by atoms with van der Waals surface area (Å²) in [6, 6.07) is 5.42. The third-order valence-electron chi connectivity index (χ3n) is 4.07. The van der Waals surface area contributed by atoms with Crippen LogP contribution < -0.4 is 18.9 Å². The number of nitrogens with zero attached hydrogens (tertiary/aromatic N) is 2. The fraction of sp³-hybridized carbons (Fsp3) is 0.400. The number of aryl methyl sites for hydroxylation is 1. The van der Waals surface area contributed by atoms with Gasteiger partial charge in [-0.25, -0.2) is 4.98 Å². The number of aromatic nitrogens is 1. The molecule has 0 saturated carbocycles. The topological polar surface area (TPSA) is 71.4 Å². The first kappa shape index (κ1) is 20.4. The van der Waals surface area contributed by atoms with E-state index in [1.807, 2.05) is 26.8 Å². The Kier molecular flexibility index (Phi) is 6.87. The second kappa shape index (κ2) is 9.12. The van der Waals surface area contributed by atoms with Gasteiger partial charge in [-0.2, -0.15) is 0 Å². The predicted octanol–water partition coefficient (Wildman–Crippen LogP) is 4.28. The maximum atomic E-state index is 6.13. The molecule has 1 aromatic heterocycles. The average Bonchev–Trinajstić information content (AvgIpc) is 2.68. The number of rotatable bonds is 8. The van der Waals surface area contributed by atoms with Crippen molar-refractivity contribution in [3.63, 3.8) is 0 Å². The van der Waals surface area contributed by atoms with Gasteiger partial charge in [0.1, 0.15) is 12.9 Å². The van der Waals surface area contributed by atoms with E-state index in [1.54, 1.807) is 33.5 Å². The van der Waals surface area contributed by atoms with E-state index in [0.29, 0.717) is 35.3 Å². The molecule has 0 unspecified atom stereocenters. The number of pyridine rings is 1. The molecule has 0 radical (unpaired) electrons. The molecule has 0 spiro atoms. The van der Waals surface area contributed by atoms with Gasteiger partial charge in [-0.3, -0.25) is 0 Å². The molecule has 0 aliphatic carbocycles. The fourth-order valence-corrected chi connectivity index (χ4v) is 2.69. The minimum Gasteiger partial charge on any atom is -0.496 e. The summed E-state index contributed by atoms with van der Waals surface area (Å²) in [6.07, 6.45) is 0.715. The van der Waals surface area contributed by atoms with Crippen LogP contribution >= 0.6 is 0 Å². The Morgan fingerprint density at radius 2 is 1.59 bits per heavy atom. The molecule has 0 aliphatic rings. The monoisotopic (exact) mass is 374 g/mol. The zero-order chi connectivity index (χ0) is 20.0. The van der Waals surface area contributed by atoms with Crippen molar-refractivity contribution in [2.45, 2.75) is 27.2 Å². The van der Waals surface area contributed by atoms with Crippen LogP contribution in [0.4, 0.5) is 0 Å². The second-order valence-electron chi connectivity index (χ2n) is 5.78. The number of methoxy groups -OCH3 is 3. The van der Waals surface area contributed by atoms with E-state index in [9.17, 15) is 0 Å². The van der Waals surface area contributed by atoms with Crippen molar-refractivity contribution < 1.29 is 23.8 Å². The molecule has 0 amide bonds. The van der Waals surface area contributed by atoms with Crippen molar-refractivity contribution in [3.05, 3.63) is 35.0 Å². The predicted molar refractivity (Wildman–Crippen MR) is 104 cm³/mol. The summed E-state index contributed by atoms with van der Waals surface area (Å²) in [5, 5.41) is 4.12. The van der Waals surface area contributed by atoms with E-state index in [0.717, 1.165) is 22.5 Å². The summed E-state index contributed by atoms with van der Waals surface area (Å²) in [5.41, 5.74) is 3.39. The molecule has 146 valence electrons. The van der Waals surface area contributed by atoms with E-state index in [2.05, 4.69) is 10.1 Å². The maximum Gasteiger partial charge on any atom is 0.223 e. The van der Waals surface area contributed by atoms with E-state index >= 15 is 0 Å². The third-order valence-corrected chi connectivity index (χ3v) is 4.07. The summed E-state index contributed by atoms with van der Waals surface area (Å²) in [5.74, 6) is 2.44. The Morgan fingerprint density at radius 1 is 0.963 bits per heavy atom. The third kappa shape index (κ3) is 4.42. The van der Waals surface area contributed by atoms with Gasteiger partial charge in [-0.05, 0) is 26.3 Å². The standard InChI is InChI=1S/C20H26N2O5/c1-8-16(22-26-7)15-9-12(2)21-20(13(15)3)27-19-17(24-5)10-14(23-4)11-18(19)25-6/h9-11H,8H2,1-7H3. The van der Waals surface area contributed by atoms with Gasteiger partial charge in [-0.1, -0.05) is 12.1 Å². The Balaban J connectivity index is 2.58. The van der Waals surface area contributed by atoms with Crippen LogP contribution in [0.3, 0.4) is 0 Å². The first-order chi connectivity index (χ1) is 13.0. The summed E-state index contributed by atoms with van der Waals surface area (Å²) in [4.78, 5) is 9.51. The highest BCUT2D eigenvalue weighted by atomic mass is 16.6. The molecule has 0 saturated heterocycles. The SMILES string of the molecule is CCC(=NOC)c1cc(C)nc(Oc2c(OC)cc(OC)cc2OC)c1C. The van der Waals surface area contributed by atoms with Gasteiger partial charge in [0.05, 0.1) is 27.0 Å². The summed E-state index contributed by atoms with van der Waals surface area (Å²) in [7, 11) is 6.23. The first-order valence-electron chi connectivity index (χ1n) is 8.55. The van der Waals surface area contributed by atoms with Crippen LogP contribution in [0.2, 0.25) is 0 Å². The van der Waals surface area contributed by atoms with Gasteiger partial charge in [-0.15, -0.1) is 0 Å². The summed E-state index contributed by atoms with van der Waals surface area (Å²) >= 11 is 0. The van der Waals surface area contributed by atoms with Gasteiger partial charge in [0.25, 0.3) is 0 Å². The molecule has 0 fully saturated rings. The highest BCUT2D eigenvalue weighted by Crippen LogP contribution is 2.43. The number of benzene rings is 1. The largest absolute Gasteiger partial charge is 0.496 e. The normalized spacial score (nSPS) is 11.1. The van der Waals surface area contributed by atoms with Crippen LogP contribution in [0.15, 0.2) is 23.4 Å². The smallest absolute Gasteiger partial charge is 0.223 e. The first-order valence-corrected chi connectivity index (χ1v) is 8.55. The zero-order valence-corrected chi connectivity index (χ0v) is 16.9. The lowest BCUT2D eigenvalue weighted by atomic mass is 10.0. The molecule has 2 rings (SSSR count). The highest BCUT2D eigenvalue weighted by molar-refractivity contribution is 6.01. The molecule has 0 atom stereocenters. The lowest BCUT2D eigenvalue weighted by Gasteiger charge is -2.17. The van der Waals surface area contributed by atoms with E-state index in [1.165, 1.54) is 7.11 Å². The summed E-state index contributed by atoms with van der Waals surface area (Å²) in [6.45, 7) is 5.85. The quantitative estimate of drug-likeness (QED) is 0.507. The number of hydrogen-bond acceptors (Lipinski definition) is 7. The van der Waals surface area contributed by atoms with Gasteiger partial charge < -0.3 is 23.8 Å². The van der Waals surface area contributed by atoms with Gasteiger partial charge in [0, 0.05) is 29.0 Å². The fourth-order valence-electron chi connectivity index (χ4n) is 2.69. The molecule has 7 heteroatoms. The second-order valence-corrected chi connectivity index (χ2v) is 5.78. The van der Waals surface area contributed by atoms with Crippen LogP contribution in [-0.4, -0.2) is 39.1 Å². The average molecular weight is 374 g/mol. The molecule has 2 aromatic rings. The Labute approximate surface area is 159 Å². The molecule has 7 nitrogen and oxygen atoms in total. The van der Waals surface area contributed by atoms with Crippen molar-refractivity contribution in [3.8, 4) is 28.9 Å². The van der Waals surface area contributed by atoms with Crippen molar-refractivity contribution in [2.24, 2.45) is 5.16 Å². The van der Waals surface area contributed by atoms with Crippen molar-refractivity contribution in [1.82, 2.24) is 4.98 Å². The van der Waals surface area contributed by atoms with E-state index < -0.39 is 0 Å². The van der Waals surface area contributed by atoms with Crippen LogP contribution in [0.1, 0.15) is 30.2 Å². The van der Waals surface area contributed by atoms with Gasteiger partial charge in [0.2, 0.25) is 11.6 Å². The zero-order valence-electron chi connectivity index (χ0n) is 16.9. The minimum absolute atomic E-state index is 0.426. The minimum atomic E-state index is 0.426. The molecule has 0 bridgehead atoms. The maximum absolute atomic E-state index is 6.13. The molecule has 1 aromatic carbocycles. The van der Waals surface area contributed by atoms with E-state index in [4.69, 9.17) is 23.8 Å². The van der Waals surface area contributed by atoms with Crippen LogP contribution in [0.5, 0.6) is 28.9 Å². The number of ether oxygens (including phenoxy) is 4. The molecule has 0 N–H and O–H groups in total. The molecular formula is C20H26N2O5.